The van der Waals surface area contributed by atoms with Crippen molar-refractivity contribution in [3.63, 3.8) is 0 Å². The Morgan fingerprint density at radius 2 is 1.68 bits per heavy atom. The molecule has 0 unspecified atom stereocenters. The van der Waals surface area contributed by atoms with Gasteiger partial charge in [-0.25, -0.2) is 18.6 Å². The molecule has 1 amide bonds. The van der Waals surface area contributed by atoms with Crippen molar-refractivity contribution >= 4 is 28.1 Å². The van der Waals surface area contributed by atoms with E-state index in [1.54, 1.807) is 36.4 Å². The predicted octanol–water partition coefficient (Wildman–Crippen LogP) is 3.34. The minimum Gasteiger partial charge on any atom is -0.478 e. The van der Waals surface area contributed by atoms with Crippen molar-refractivity contribution in [2.24, 2.45) is 5.10 Å². The molecule has 0 aliphatic rings. The van der Waals surface area contributed by atoms with Gasteiger partial charge in [-0.3, -0.25) is 4.79 Å². The normalized spacial score (nSPS) is 11.6. The summed E-state index contributed by atoms with van der Waals surface area (Å²) < 4.78 is 27.7. The van der Waals surface area contributed by atoms with Crippen LogP contribution >= 0.6 is 0 Å². The molecular formula is C25H25N3O5S. The third-order valence-electron chi connectivity index (χ3n) is 5.00. The lowest BCUT2D eigenvalue weighted by atomic mass is 10.1. The molecule has 34 heavy (non-hydrogen) atoms. The number of amides is 1. The molecule has 0 spiro atoms. The quantitative estimate of drug-likeness (QED) is 0.361. The van der Waals surface area contributed by atoms with Gasteiger partial charge in [-0.1, -0.05) is 65.7 Å². The standard InChI is InChI=1S/C25H25N3O5S/c1-18-10-12-22(13-11-18)34(32,33)28(16-20-7-5-6-19(2)14-20)17-24(29)27-26-15-21-8-3-4-9-23(21)25(30)31/h3-15H,16-17H2,1-2H3,(H,27,29)(H,30,31)/b26-15-. The van der Waals surface area contributed by atoms with Gasteiger partial charge in [0, 0.05) is 12.1 Å². The van der Waals surface area contributed by atoms with Crippen LogP contribution in [0.1, 0.15) is 32.6 Å². The van der Waals surface area contributed by atoms with Gasteiger partial charge >= 0.3 is 5.97 Å². The lowest BCUT2D eigenvalue weighted by Gasteiger charge is -2.22. The van der Waals surface area contributed by atoms with Crippen molar-refractivity contribution in [1.82, 2.24) is 9.73 Å². The first kappa shape index (κ1) is 24.8. The van der Waals surface area contributed by atoms with Gasteiger partial charge in [0.1, 0.15) is 0 Å². The Kier molecular flexibility index (Phi) is 7.93. The van der Waals surface area contributed by atoms with E-state index in [0.29, 0.717) is 5.56 Å². The molecule has 176 valence electrons. The van der Waals surface area contributed by atoms with Crippen LogP contribution in [0.5, 0.6) is 0 Å². The Hall–Kier alpha value is -3.82. The number of carbonyl (C=O) groups excluding carboxylic acids is 1. The van der Waals surface area contributed by atoms with E-state index in [4.69, 9.17) is 0 Å². The first-order valence-electron chi connectivity index (χ1n) is 10.4. The zero-order chi connectivity index (χ0) is 24.7. The number of benzene rings is 3. The maximum atomic E-state index is 13.3. The van der Waals surface area contributed by atoms with Crippen molar-refractivity contribution in [3.05, 3.63) is 101 Å². The fourth-order valence-corrected chi connectivity index (χ4v) is 4.66. The molecule has 0 bridgehead atoms. The fraction of sp³-hybridized carbons (Fsp3) is 0.160. The van der Waals surface area contributed by atoms with Crippen LogP contribution in [0.25, 0.3) is 0 Å². The molecule has 0 aromatic heterocycles. The van der Waals surface area contributed by atoms with E-state index in [0.717, 1.165) is 21.0 Å². The summed E-state index contributed by atoms with van der Waals surface area (Å²) in [5, 5.41) is 13.1. The summed E-state index contributed by atoms with van der Waals surface area (Å²) in [4.78, 5) is 24.0. The van der Waals surface area contributed by atoms with Crippen LogP contribution < -0.4 is 5.43 Å². The number of nitrogens with one attached hydrogen (secondary N) is 1. The van der Waals surface area contributed by atoms with E-state index in [-0.39, 0.29) is 17.0 Å². The van der Waals surface area contributed by atoms with Crippen LogP contribution in [-0.4, -0.2) is 42.5 Å². The highest BCUT2D eigenvalue weighted by Crippen LogP contribution is 2.19. The van der Waals surface area contributed by atoms with E-state index < -0.39 is 28.4 Å². The average molecular weight is 480 g/mol. The molecule has 3 aromatic rings. The Labute approximate surface area is 198 Å². The summed E-state index contributed by atoms with van der Waals surface area (Å²) in [7, 11) is -3.98. The van der Waals surface area contributed by atoms with E-state index in [1.807, 2.05) is 32.0 Å². The van der Waals surface area contributed by atoms with Gasteiger partial charge in [0.25, 0.3) is 5.91 Å². The van der Waals surface area contributed by atoms with Crippen molar-refractivity contribution in [3.8, 4) is 0 Å². The first-order chi connectivity index (χ1) is 16.2. The molecule has 3 rings (SSSR count). The second kappa shape index (κ2) is 10.9. The summed E-state index contributed by atoms with van der Waals surface area (Å²) in [6, 6.07) is 20.0. The number of carboxylic acid groups (broad SMARTS) is 1. The Balaban J connectivity index is 1.81. The van der Waals surface area contributed by atoms with E-state index >= 15 is 0 Å². The van der Waals surface area contributed by atoms with Gasteiger partial charge in [-0.15, -0.1) is 0 Å². The summed E-state index contributed by atoms with van der Waals surface area (Å²) >= 11 is 0. The number of rotatable bonds is 9. The molecule has 3 aromatic carbocycles. The Bertz CT molecular complexity index is 1320. The molecule has 2 N–H and O–H groups in total. The van der Waals surface area contributed by atoms with Gasteiger partial charge in [-0.2, -0.15) is 9.41 Å². The summed E-state index contributed by atoms with van der Waals surface area (Å²) in [5.41, 5.74) is 5.25. The lowest BCUT2D eigenvalue weighted by molar-refractivity contribution is -0.121. The van der Waals surface area contributed by atoms with Crippen molar-refractivity contribution in [2.45, 2.75) is 25.3 Å². The van der Waals surface area contributed by atoms with Crippen LogP contribution in [0.2, 0.25) is 0 Å². The third-order valence-corrected chi connectivity index (χ3v) is 6.81. The fourth-order valence-electron chi connectivity index (χ4n) is 3.27. The highest BCUT2D eigenvalue weighted by atomic mass is 32.2. The molecule has 0 saturated carbocycles. The lowest BCUT2D eigenvalue weighted by Crippen LogP contribution is -2.39. The molecule has 0 aliphatic carbocycles. The number of aromatic carboxylic acids is 1. The summed E-state index contributed by atoms with van der Waals surface area (Å²) in [6.45, 7) is 3.28. The smallest absolute Gasteiger partial charge is 0.336 e. The topological polar surface area (TPSA) is 116 Å². The number of carbonyl (C=O) groups is 2. The van der Waals surface area contributed by atoms with Gasteiger partial charge in [-0.05, 0) is 37.6 Å². The van der Waals surface area contributed by atoms with E-state index in [1.165, 1.54) is 24.4 Å². The van der Waals surface area contributed by atoms with Crippen LogP contribution in [0.3, 0.4) is 0 Å². The van der Waals surface area contributed by atoms with Crippen molar-refractivity contribution < 1.29 is 23.1 Å². The van der Waals surface area contributed by atoms with Crippen molar-refractivity contribution in [1.29, 1.82) is 0 Å². The molecule has 0 fully saturated rings. The van der Waals surface area contributed by atoms with Gasteiger partial charge in [0.15, 0.2) is 0 Å². The van der Waals surface area contributed by atoms with E-state index in [2.05, 4.69) is 10.5 Å². The number of aryl methyl sites for hydroxylation is 2. The first-order valence-corrected chi connectivity index (χ1v) is 11.9. The maximum absolute atomic E-state index is 13.3. The number of hydrogen-bond acceptors (Lipinski definition) is 5. The van der Waals surface area contributed by atoms with Crippen molar-refractivity contribution in [2.75, 3.05) is 6.54 Å². The summed E-state index contributed by atoms with van der Waals surface area (Å²) in [5.74, 6) is -1.78. The molecule has 0 atom stereocenters. The molecule has 0 saturated heterocycles. The second-order valence-electron chi connectivity index (χ2n) is 7.76. The minimum atomic E-state index is -3.98. The average Bonchev–Trinajstić information content (AvgIpc) is 2.79. The predicted molar refractivity (Wildman–Crippen MR) is 129 cm³/mol. The highest BCUT2D eigenvalue weighted by molar-refractivity contribution is 7.89. The van der Waals surface area contributed by atoms with Crippen LogP contribution in [0.4, 0.5) is 0 Å². The van der Waals surface area contributed by atoms with Gasteiger partial charge < -0.3 is 5.11 Å². The molecule has 0 heterocycles. The molecule has 0 aliphatic heterocycles. The second-order valence-corrected chi connectivity index (χ2v) is 9.70. The zero-order valence-corrected chi connectivity index (χ0v) is 19.6. The van der Waals surface area contributed by atoms with Gasteiger partial charge in [0.05, 0.1) is 23.2 Å². The number of sulfonamides is 1. The largest absolute Gasteiger partial charge is 0.478 e. The SMILES string of the molecule is Cc1ccc(S(=O)(=O)N(CC(=O)N/N=C\c2ccccc2C(=O)O)Cc2cccc(C)c2)cc1. The molecular weight excluding hydrogens is 454 g/mol. The van der Waals surface area contributed by atoms with Crippen LogP contribution in [0, 0.1) is 13.8 Å². The Morgan fingerprint density at radius 3 is 2.35 bits per heavy atom. The molecule has 8 nitrogen and oxygen atoms in total. The van der Waals surface area contributed by atoms with Crippen LogP contribution in [0.15, 0.2) is 82.8 Å². The summed E-state index contributed by atoms with van der Waals surface area (Å²) in [6.07, 6.45) is 1.21. The number of hydrazone groups is 1. The van der Waals surface area contributed by atoms with E-state index in [9.17, 15) is 23.1 Å². The molecule has 0 radical (unpaired) electrons. The molecule has 9 heteroatoms. The highest BCUT2D eigenvalue weighted by Gasteiger charge is 2.27. The zero-order valence-electron chi connectivity index (χ0n) is 18.8. The minimum absolute atomic E-state index is 0.00310. The number of nitrogens with zero attached hydrogens (tertiary/aromatic N) is 2. The maximum Gasteiger partial charge on any atom is 0.336 e. The number of hydrogen-bond donors (Lipinski definition) is 2. The van der Waals surface area contributed by atoms with Gasteiger partial charge in [0.2, 0.25) is 10.0 Å². The monoisotopic (exact) mass is 479 g/mol. The Morgan fingerprint density at radius 1 is 0.971 bits per heavy atom. The van der Waals surface area contributed by atoms with Crippen LogP contribution in [-0.2, 0) is 21.4 Å². The number of carboxylic acids is 1. The third kappa shape index (κ3) is 6.37.